The number of hydrogen-bond acceptors (Lipinski definition) is 6. The zero-order chi connectivity index (χ0) is 28.4. The van der Waals surface area contributed by atoms with Gasteiger partial charge in [-0.25, -0.2) is 8.42 Å². The van der Waals surface area contributed by atoms with Gasteiger partial charge < -0.3 is 15.4 Å². The molecule has 0 bridgehead atoms. The molecule has 2 aromatic carbocycles. The lowest BCUT2D eigenvalue weighted by Gasteiger charge is -2.37. The fourth-order valence-electron chi connectivity index (χ4n) is 5.77. The molecule has 1 aliphatic heterocycles. The summed E-state index contributed by atoms with van der Waals surface area (Å²) >= 11 is 0. The highest BCUT2D eigenvalue weighted by Crippen LogP contribution is 2.28. The van der Waals surface area contributed by atoms with Crippen molar-refractivity contribution in [2.45, 2.75) is 83.3 Å². The zero-order valence-electron chi connectivity index (χ0n) is 24.0. The number of carbonyl (C=O) groups excluding carboxylic acids is 1. The van der Waals surface area contributed by atoms with Gasteiger partial charge in [-0.15, -0.1) is 0 Å². The third-order valence-corrected chi connectivity index (χ3v) is 8.57. The van der Waals surface area contributed by atoms with Crippen LogP contribution in [0.3, 0.4) is 0 Å². The van der Waals surface area contributed by atoms with Gasteiger partial charge in [0.2, 0.25) is 15.9 Å². The minimum absolute atomic E-state index is 0.0617. The first kappa shape index (κ1) is 30.3. The van der Waals surface area contributed by atoms with Gasteiger partial charge in [0.25, 0.3) is 0 Å². The molecule has 1 saturated heterocycles. The summed E-state index contributed by atoms with van der Waals surface area (Å²) in [6.07, 6.45) is 11.4. The van der Waals surface area contributed by atoms with E-state index in [1.54, 1.807) is 24.3 Å². The second-order valence-electron chi connectivity index (χ2n) is 11.4. The normalized spacial score (nSPS) is 18.2. The number of carbonyl (C=O) groups is 1. The number of rotatable bonds is 13. The van der Waals surface area contributed by atoms with Crippen LogP contribution in [0.1, 0.15) is 70.3 Å². The maximum Gasteiger partial charge on any atom is 0.237 e. The van der Waals surface area contributed by atoms with Crippen molar-refractivity contribution in [2.75, 3.05) is 30.6 Å². The Balaban J connectivity index is 1.24. The highest BCUT2D eigenvalue weighted by Gasteiger charge is 2.32. The van der Waals surface area contributed by atoms with Gasteiger partial charge >= 0.3 is 0 Å². The summed E-state index contributed by atoms with van der Waals surface area (Å²) in [5.41, 5.74) is 1.74. The number of sulfonamides is 1. The number of benzene rings is 2. The van der Waals surface area contributed by atoms with Crippen LogP contribution in [0.2, 0.25) is 0 Å². The Kier molecular flexibility index (Phi) is 11.3. The van der Waals surface area contributed by atoms with Crippen LogP contribution < -0.4 is 20.1 Å². The van der Waals surface area contributed by atoms with Gasteiger partial charge in [0.05, 0.1) is 12.3 Å². The number of nitrogens with zero attached hydrogens (tertiary/aromatic N) is 1. The fourth-order valence-corrected chi connectivity index (χ4v) is 6.33. The predicted molar refractivity (Wildman–Crippen MR) is 161 cm³/mol. The van der Waals surface area contributed by atoms with Crippen molar-refractivity contribution in [3.8, 4) is 11.5 Å². The summed E-state index contributed by atoms with van der Waals surface area (Å²) in [6.45, 7) is 5.85. The highest BCUT2D eigenvalue weighted by molar-refractivity contribution is 7.92. The van der Waals surface area contributed by atoms with Gasteiger partial charge in [0.1, 0.15) is 11.5 Å². The first-order chi connectivity index (χ1) is 19.3. The molecule has 1 amide bonds. The number of hydrogen-bond donors (Lipinski definition) is 3. The van der Waals surface area contributed by atoms with Gasteiger partial charge in [-0.05, 0) is 93.1 Å². The van der Waals surface area contributed by atoms with Gasteiger partial charge in [-0.2, -0.15) is 0 Å². The fraction of sp³-hybridized carbons (Fsp3) is 0.581. The molecule has 2 aromatic rings. The lowest BCUT2D eigenvalue weighted by atomic mass is 9.82. The van der Waals surface area contributed by atoms with E-state index in [-0.39, 0.29) is 11.9 Å². The van der Waals surface area contributed by atoms with Crippen molar-refractivity contribution >= 4 is 21.6 Å². The molecule has 9 heteroatoms. The Morgan fingerprint density at radius 2 is 1.57 bits per heavy atom. The Hall–Kier alpha value is -2.62. The molecule has 2 fully saturated rings. The van der Waals surface area contributed by atoms with Crippen molar-refractivity contribution in [1.29, 1.82) is 0 Å². The highest BCUT2D eigenvalue weighted by atomic mass is 32.2. The van der Waals surface area contributed by atoms with E-state index in [2.05, 4.69) is 39.3 Å². The van der Waals surface area contributed by atoms with E-state index in [9.17, 15) is 13.2 Å². The maximum absolute atomic E-state index is 13.1. The summed E-state index contributed by atoms with van der Waals surface area (Å²) in [6, 6.07) is 15.3. The van der Waals surface area contributed by atoms with E-state index >= 15 is 0 Å². The Morgan fingerprint density at radius 3 is 2.17 bits per heavy atom. The molecule has 220 valence electrons. The minimum Gasteiger partial charge on any atom is -0.457 e. The van der Waals surface area contributed by atoms with Crippen LogP contribution in [-0.4, -0.2) is 57.2 Å². The first-order valence-electron chi connectivity index (χ1n) is 14.9. The number of anilines is 1. The lowest BCUT2D eigenvalue weighted by molar-refractivity contribution is -0.125. The summed E-state index contributed by atoms with van der Waals surface area (Å²) < 4.78 is 31.1. The van der Waals surface area contributed by atoms with Crippen LogP contribution in [0, 0.1) is 5.92 Å². The minimum atomic E-state index is -3.30. The topological polar surface area (TPSA) is 99.8 Å². The van der Waals surface area contributed by atoms with Gasteiger partial charge in [0.15, 0.2) is 0 Å². The molecule has 3 N–H and O–H groups in total. The quantitative estimate of drug-likeness (QED) is 0.284. The van der Waals surface area contributed by atoms with Crippen molar-refractivity contribution in [2.24, 2.45) is 5.92 Å². The van der Waals surface area contributed by atoms with E-state index in [1.807, 2.05) is 12.1 Å². The SMILES string of the molecule is CCCCNC(=O)C(NC1CCN(Cc2ccc(Oc3ccc(NS(C)(=O)=O)cc3)cc2)CC1)C1CCCCC1. The maximum atomic E-state index is 13.1. The molecule has 1 unspecified atom stereocenters. The molecule has 40 heavy (non-hydrogen) atoms. The smallest absolute Gasteiger partial charge is 0.237 e. The summed E-state index contributed by atoms with van der Waals surface area (Å²) in [5, 5.41) is 6.99. The molecule has 1 atom stereocenters. The second-order valence-corrected chi connectivity index (χ2v) is 13.1. The molecule has 2 aliphatic rings. The Labute approximate surface area is 240 Å². The third-order valence-electron chi connectivity index (χ3n) is 7.96. The molecular weight excluding hydrogens is 524 g/mol. The van der Waals surface area contributed by atoms with E-state index < -0.39 is 10.0 Å². The van der Waals surface area contributed by atoms with E-state index in [0.717, 1.165) is 76.7 Å². The van der Waals surface area contributed by atoms with Crippen LogP contribution in [0.5, 0.6) is 11.5 Å². The largest absolute Gasteiger partial charge is 0.457 e. The van der Waals surface area contributed by atoms with Crippen LogP contribution >= 0.6 is 0 Å². The van der Waals surface area contributed by atoms with Crippen LogP contribution in [0.25, 0.3) is 0 Å². The Bertz CT molecular complexity index is 1160. The summed E-state index contributed by atoms with van der Waals surface area (Å²) in [5.74, 6) is 2.04. The predicted octanol–water partition coefficient (Wildman–Crippen LogP) is 5.27. The summed E-state index contributed by atoms with van der Waals surface area (Å²) in [7, 11) is -3.30. The average molecular weight is 571 g/mol. The lowest BCUT2D eigenvalue weighted by Crippen LogP contribution is -2.55. The Morgan fingerprint density at radius 1 is 0.950 bits per heavy atom. The number of likely N-dealkylation sites (tertiary alicyclic amines) is 1. The molecule has 0 spiro atoms. The van der Waals surface area contributed by atoms with Crippen molar-refractivity contribution in [1.82, 2.24) is 15.5 Å². The van der Waals surface area contributed by atoms with Gasteiger partial charge in [-0.1, -0.05) is 44.7 Å². The number of amides is 1. The molecule has 1 heterocycles. The van der Waals surface area contributed by atoms with Crippen LogP contribution in [0.15, 0.2) is 48.5 Å². The van der Waals surface area contributed by atoms with Crippen LogP contribution in [-0.2, 0) is 21.4 Å². The van der Waals surface area contributed by atoms with Gasteiger partial charge in [0, 0.05) is 24.8 Å². The second kappa shape index (κ2) is 14.8. The molecule has 8 nitrogen and oxygen atoms in total. The molecular formula is C31H46N4O4S. The van der Waals surface area contributed by atoms with E-state index in [0.29, 0.717) is 23.4 Å². The van der Waals surface area contributed by atoms with Crippen molar-refractivity contribution < 1.29 is 17.9 Å². The van der Waals surface area contributed by atoms with E-state index in [1.165, 1.54) is 24.8 Å². The molecule has 0 radical (unpaired) electrons. The molecule has 4 rings (SSSR count). The molecule has 0 aromatic heterocycles. The third kappa shape index (κ3) is 9.78. The number of ether oxygens (including phenoxy) is 1. The summed E-state index contributed by atoms with van der Waals surface area (Å²) in [4.78, 5) is 15.6. The number of unbranched alkanes of at least 4 members (excludes halogenated alkanes) is 1. The monoisotopic (exact) mass is 570 g/mol. The molecule has 1 aliphatic carbocycles. The molecule has 1 saturated carbocycles. The van der Waals surface area contributed by atoms with E-state index in [4.69, 9.17) is 4.74 Å². The first-order valence-corrected chi connectivity index (χ1v) is 16.8. The van der Waals surface area contributed by atoms with Crippen molar-refractivity contribution in [3.05, 3.63) is 54.1 Å². The zero-order valence-corrected chi connectivity index (χ0v) is 24.8. The number of nitrogens with one attached hydrogen (secondary N) is 3. The van der Waals surface area contributed by atoms with Crippen LogP contribution in [0.4, 0.5) is 5.69 Å². The van der Waals surface area contributed by atoms with Crippen molar-refractivity contribution in [3.63, 3.8) is 0 Å². The van der Waals surface area contributed by atoms with Gasteiger partial charge in [-0.3, -0.25) is 14.4 Å². The average Bonchev–Trinajstić information content (AvgIpc) is 2.94. The standard InChI is InChI=1S/C31H46N4O4S/c1-3-4-20-32-31(36)30(25-8-6-5-7-9-25)33-26-18-21-35(22-19-26)23-24-10-14-28(15-11-24)39-29-16-12-27(13-17-29)34-40(2,37)38/h10-17,25-26,30,33-34H,3-9,18-23H2,1-2H3,(H,32,36). The number of piperidine rings is 1.